The highest BCUT2D eigenvalue weighted by Crippen LogP contribution is 2.37. The van der Waals surface area contributed by atoms with Gasteiger partial charge in [0.15, 0.2) is 0 Å². The quantitative estimate of drug-likeness (QED) is 0.599. The molecule has 0 aliphatic carbocycles. The van der Waals surface area contributed by atoms with E-state index in [1.807, 2.05) is 31.4 Å². The molecule has 0 radical (unpaired) electrons. The number of aromatic nitrogens is 2. The Morgan fingerprint density at radius 1 is 1.06 bits per heavy atom. The molecule has 2 aromatic heterocycles. The predicted octanol–water partition coefficient (Wildman–Crippen LogP) is 3.76. The van der Waals surface area contributed by atoms with Crippen LogP contribution < -0.4 is 10.6 Å². The van der Waals surface area contributed by atoms with E-state index >= 15 is 0 Å². The van der Waals surface area contributed by atoms with Gasteiger partial charge in [-0.2, -0.15) is 0 Å². The van der Waals surface area contributed by atoms with E-state index < -0.39 is 5.41 Å². The number of benzene rings is 1. The van der Waals surface area contributed by atoms with Crippen molar-refractivity contribution in [2.45, 2.75) is 25.8 Å². The van der Waals surface area contributed by atoms with Crippen molar-refractivity contribution in [3.05, 3.63) is 78.2 Å². The molecule has 0 saturated carbocycles. The van der Waals surface area contributed by atoms with Gasteiger partial charge in [-0.25, -0.2) is 4.98 Å². The van der Waals surface area contributed by atoms with Crippen LogP contribution in [0, 0.1) is 5.41 Å². The number of likely N-dealkylation sites (tertiary alicyclic amines) is 1. The zero-order valence-corrected chi connectivity index (χ0v) is 18.8. The largest absolute Gasteiger partial charge is 0.373 e. The van der Waals surface area contributed by atoms with Crippen molar-refractivity contribution < 1.29 is 4.79 Å². The fourth-order valence-electron chi connectivity index (χ4n) is 4.91. The van der Waals surface area contributed by atoms with E-state index in [0.717, 1.165) is 48.4 Å². The summed E-state index contributed by atoms with van der Waals surface area (Å²) in [6.07, 6.45) is 8.03. The minimum Gasteiger partial charge on any atom is -0.373 e. The first-order chi connectivity index (χ1) is 15.6. The molecule has 1 saturated heterocycles. The number of carbonyl (C=O) groups excluding carboxylic acids is 1. The van der Waals surface area contributed by atoms with Gasteiger partial charge in [0.25, 0.3) is 0 Å². The summed E-state index contributed by atoms with van der Waals surface area (Å²) in [6, 6.07) is 16.5. The number of piperidine rings is 1. The molecule has 4 rings (SSSR count). The summed E-state index contributed by atoms with van der Waals surface area (Å²) in [5.74, 6) is 1.01. The normalized spacial score (nSPS) is 18.8. The molecule has 32 heavy (non-hydrogen) atoms. The first-order valence-corrected chi connectivity index (χ1v) is 11.2. The molecule has 1 fully saturated rings. The Balaban J connectivity index is 1.63. The second-order valence-corrected chi connectivity index (χ2v) is 8.51. The zero-order chi connectivity index (χ0) is 22.4. The van der Waals surface area contributed by atoms with Gasteiger partial charge in [-0.3, -0.25) is 14.7 Å². The third-order valence-electron chi connectivity index (χ3n) is 6.41. The Kier molecular flexibility index (Phi) is 6.81. The van der Waals surface area contributed by atoms with Gasteiger partial charge in [-0.1, -0.05) is 36.4 Å². The maximum absolute atomic E-state index is 13.3. The standard InChI is InChI=1S/C26H31N5O/c1-27-24-22(10-6-14-30-24)18-31-15-7-12-26(19-31,25(32)28-2)16-20-8-3-4-11-23(20)21-9-5-13-29-17-21/h3-6,8-11,13-14,17H,7,12,15-16,18-19H2,1-2H3,(H,27,30)(H,28,32)/t26-/m0/s1. The summed E-state index contributed by atoms with van der Waals surface area (Å²) in [5, 5.41) is 6.14. The molecule has 3 aromatic rings. The van der Waals surface area contributed by atoms with Crippen LogP contribution in [0.4, 0.5) is 5.82 Å². The van der Waals surface area contributed by atoms with Crippen molar-refractivity contribution in [2.75, 3.05) is 32.5 Å². The molecular weight excluding hydrogens is 398 g/mol. The number of rotatable bonds is 7. The van der Waals surface area contributed by atoms with E-state index in [-0.39, 0.29) is 5.91 Å². The van der Waals surface area contributed by atoms with Crippen LogP contribution in [0.25, 0.3) is 11.1 Å². The van der Waals surface area contributed by atoms with Crippen molar-refractivity contribution in [3.8, 4) is 11.1 Å². The maximum Gasteiger partial charge on any atom is 0.227 e. The molecule has 3 heterocycles. The van der Waals surface area contributed by atoms with Gasteiger partial charge in [-0.15, -0.1) is 0 Å². The van der Waals surface area contributed by atoms with Crippen molar-refractivity contribution in [2.24, 2.45) is 5.41 Å². The third-order valence-corrected chi connectivity index (χ3v) is 6.41. The molecular formula is C26H31N5O. The van der Waals surface area contributed by atoms with Gasteiger partial charge in [-0.05, 0) is 49.1 Å². The lowest BCUT2D eigenvalue weighted by atomic mass is 9.73. The second kappa shape index (κ2) is 9.92. The van der Waals surface area contributed by atoms with Gasteiger partial charge >= 0.3 is 0 Å². The van der Waals surface area contributed by atoms with E-state index in [1.165, 1.54) is 5.56 Å². The number of hydrogen-bond donors (Lipinski definition) is 2. The molecule has 6 heteroatoms. The summed E-state index contributed by atoms with van der Waals surface area (Å²) in [5.41, 5.74) is 4.08. The molecule has 1 aromatic carbocycles. The number of nitrogens with zero attached hydrogens (tertiary/aromatic N) is 3. The summed E-state index contributed by atoms with van der Waals surface area (Å²) in [7, 11) is 3.64. The monoisotopic (exact) mass is 429 g/mol. The smallest absolute Gasteiger partial charge is 0.227 e. The van der Waals surface area contributed by atoms with E-state index in [4.69, 9.17) is 0 Å². The van der Waals surface area contributed by atoms with Crippen molar-refractivity contribution >= 4 is 11.7 Å². The molecule has 1 aliphatic rings. The Bertz CT molecular complexity index is 1050. The Morgan fingerprint density at radius 3 is 2.66 bits per heavy atom. The number of hydrogen-bond acceptors (Lipinski definition) is 5. The summed E-state index contributed by atoms with van der Waals surface area (Å²) in [4.78, 5) is 24.4. The molecule has 0 unspecified atom stereocenters. The topological polar surface area (TPSA) is 70.2 Å². The first kappa shape index (κ1) is 22.0. The number of pyridine rings is 2. The van der Waals surface area contributed by atoms with Crippen LogP contribution in [0.2, 0.25) is 0 Å². The zero-order valence-electron chi connectivity index (χ0n) is 18.8. The molecule has 1 aliphatic heterocycles. The average molecular weight is 430 g/mol. The fraction of sp³-hybridized carbons (Fsp3) is 0.346. The molecule has 1 atom stereocenters. The van der Waals surface area contributed by atoms with Crippen LogP contribution >= 0.6 is 0 Å². The number of nitrogens with one attached hydrogen (secondary N) is 2. The van der Waals surface area contributed by atoms with E-state index in [9.17, 15) is 4.79 Å². The first-order valence-electron chi connectivity index (χ1n) is 11.2. The van der Waals surface area contributed by atoms with Crippen LogP contribution in [-0.4, -0.2) is 48.0 Å². The predicted molar refractivity (Wildman–Crippen MR) is 128 cm³/mol. The summed E-state index contributed by atoms with van der Waals surface area (Å²) >= 11 is 0. The van der Waals surface area contributed by atoms with E-state index in [2.05, 4.69) is 55.8 Å². The summed E-state index contributed by atoms with van der Waals surface area (Å²) < 4.78 is 0. The van der Waals surface area contributed by atoms with Crippen molar-refractivity contribution in [1.29, 1.82) is 0 Å². The van der Waals surface area contributed by atoms with E-state index in [0.29, 0.717) is 13.0 Å². The lowest BCUT2D eigenvalue weighted by Crippen LogP contribution is -2.52. The Hall–Kier alpha value is -3.25. The molecule has 0 spiro atoms. The Morgan fingerprint density at radius 2 is 1.88 bits per heavy atom. The third kappa shape index (κ3) is 4.65. The number of anilines is 1. The summed E-state index contributed by atoms with van der Waals surface area (Å²) in [6.45, 7) is 2.46. The highest BCUT2D eigenvalue weighted by atomic mass is 16.2. The number of amides is 1. The van der Waals surface area contributed by atoms with Gasteiger partial charge in [0.05, 0.1) is 5.41 Å². The maximum atomic E-state index is 13.3. The minimum atomic E-state index is -0.479. The van der Waals surface area contributed by atoms with Gasteiger partial charge < -0.3 is 10.6 Å². The fourth-order valence-corrected chi connectivity index (χ4v) is 4.91. The van der Waals surface area contributed by atoms with Crippen LogP contribution in [0.1, 0.15) is 24.0 Å². The van der Waals surface area contributed by atoms with Crippen LogP contribution in [0.3, 0.4) is 0 Å². The molecule has 1 amide bonds. The lowest BCUT2D eigenvalue weighted by molar-refractivity contribution is -0.134. The minimum absolute atomic E-state index is 0.114. The highest BCUT2D eigenvalue weighted by molar-refractivity contribution is 5.83. The van der Waals surface area contributed by atoms with Gasteiger partial charge in [0.1, 0.15) is 5.82 Å². The molecule has 6 nitrogen and oxygen atoms in total. The van der Waals surface area contributed by atoms with Crippen molar-refractivity contribution in [3.63, 3.8) is 0 Å². The molecule has 0 bridgehead atoms. The molecule has 166 valence electrons. The van der Waals surface area contributed by atoms with Gasteiger partial charge in [0.2, 0.25) is 5.91 Å². The second-order valence-electron chi connectivity index (χ2n) is 8.51. The lowest BCUT2D eigenvalue weighted by Gasteiger charge is -2.42. The van der Waals surface area contributed by atoms with Crippen LogP contribution in [0.15, 0.2) is 67.1 Å². The van der Waals surface area contributed by atoms with Crippen LogP contribution in [0.5, 0.6) is 0 Å². The van der Waals surface area contributed by atoms with Crippen molar-refractivity contribution in [1.82, 2.24) is 20.2 Å². The molecule has 2 N–H and O–H groups in total. The average Bonchev–Trinajstić information content (AvgIpc) is 2.85. The van der Waals surface area contributed by atoms with Gasteiger partial charge in [0, 0.05) is 56.9 Å². The SMILES string of the molecule is CNC(=O)[C@]1(Cc2ccccc2-c2cccnc2)CCCN(Cc2cccnc2NC)C1. The van der Waals surface area contributed by atoms with E-state index in [1.54, 1.807) is 19.4 Å². The Labute approximate surface area is 190 Å². The highest BCUT2D eigenvalue weighted by Gasteiger charge is 2.42. The number of carbonyl (C=O) groups is 1. The van der Waals surface area contributed by atoms with Crippen LogP contribution in [-0.2, 0) is 17.8 Å².